The van der Waals surface area contributed by atoms with E-state index < -0.39 is 0 Å². The Kier molecular flexibility index (Phi) is 6.29. The highest BCUT2D eigenvalue weighted by atomic mass is 79.9. The monoisotopic (exact) mass is 349 g/mol. The van der Waals surface area contributed by atoms with Crippen LogP contribution in [0.3, 0.4) is 0 Å². The normalized spacial score (nSPS) is 10.8. The summed E-state index contributed by atoms with van der Waals surface area (Å²) in [6.07, 6.45) is 0.730. The summed E-state index contributed by atoms with van der Waals surface area (Å²) in [5.41, 5.74) is 3.21. The van der Waals surface area contributed by atoms with Crippen molar-refractivity contribution in [3.05, 3.63) is 57.6 Å². The summed E-state index contributed by atoms with van der Waals surface area (Å²) in [6.45, 7) is 4.26. The van der Waals surface area contributed by atoms with Crippen LogP contribution < -0.4 is 5.32 Å². The first-order valence-corrected chi connectivity index (χ1v) is 7.75. The zero-order valence-electron chi connectivity index (χ0n) is 12.4. The number of nitrogens with one attached hydrogen (secondary N) is 1. The topological polar surface area (TPSA) is 47.0 Å². The zero-order chi connectivity index (χ0) is 15.1. The van der Waals surface area contributed by atoms with Gasteiger partial charge in [0.1, 0.15) is 5.82 Å². The molecule has 0 spiro atoms. The minimum Gasteiger partial charge on any atom is -0.383 e. The molecule has 0 bridgehead atoms. The van der Waals surface area contributed by atoms with Crippen LogP contribution in [0.15, 0.2) is 34.8 Å². The molecule has 1 aromatic carbocycles. The molecule has 0 aliphatic heterocycles. The smallest absolute Gasteiger partial charge is 0.133 e. The summed E-state index contributed by atoms with van der Waals surface area (Å²) in [6, 6.07) is 10.2. The van der Waals surface area contributed by atoms with Crippen molar-refractivity contribution < 1.29 is 4.74 Å². The number of halogens is 1. The number of aryl methyl sites for hydroxylation is 1. The van der Waals surface area contributed by atoms with E-state index in [0.29, 0.717) is 6.61 Å². The molecule has 21 heavy (non-hydrogen) atoms. The van der Waals surface area contributed by atoms with E-state index >= 15 is 0 Å². The Labute approximate surface area is 134 Å². The lowest BCUT2D eigenvalue weighted by molar-refractivity contribution is 0.199. The van der Waals surface area contributed by atoms with Crippen LogP contribution in [0.1, 0.15) is 22.8 Å². The molecule has 5 heteroatoms. The second-order valence-electron chi connectivity index (χ2n) is 4.85. The number of methoxy groups -OCH3 is 1. The third kappa shape index (κ3) is 5.19. The van der Waals surface area contributed by atoms with Gasteiger partial charge in [-0.25, -0.2) is 9.97 Å². The second kappa shape index (κ2) is 8.22. The van der Waals surface area contributed by atoms with Gasteiger partial charge in [0.25, 0.3) is 0 Å². The van der Waals surface area contributed by atoms with Gasteiger partial charge < -0.3 is 10.1 Å². The predicted octanol–water partition coefficient (Wildman–Crippen LogP) is 2.87. The van der Waals surface area contributed by atoms with Crippen molar-refractivity contribution in [1.82, 2.24) is 15.3 Å². The highest BCUT2D eigenvalue weighted by Crippen LogP contribution is 2.18. The average molecular weight is 350 g/mol. The van der Waals surface area contributed by atoms with E-state index in [-0.39, 0.29) is 0 Å². The molecular weight excluding hydrogens is 330 g/mol. The lowest BCUT2D eigenvalue weighted by Crippen LogP contribution is -2.20. The van der Waals surface area contributed by atoms with Crippen LogP contribution in [-0.2, 0) is 17.7 Å². The van der Waals surface area contributed by atoms with E-state index in [1.807, 2.05) is 31.2 Å². The Balaban J connectivity index is 2.06. The number of hydrogen-bond acceptors (Lipinski definition) is 4. The van der Waals surface area contributed by atoms with Crippen molar-refractivity contribution in [1.29, 1.82) is 0 Å². The molecule has 1 aromatic heterocycles. The molecule has 2 rings (SSSR count). The van der Waals surface area contributed by atoms with Crippen molar-refractivity contribution >= 4 is 15.9 Å². The minimum atomic E-state index is 0.702. The second-order valence-corrected chi connectivity index (χ2v) is 5.71. The first-order valence-electron chi connectivity index (χ1n) is 6.95. The van der Waals surface area contributed by atoms with Gasteiger partial charge in [-0.3, -0.25) is 0 Å². The van der Waals surface area contributed by atoms with Gasteiger partial charge in [-0.15, -0.1) is 0 Å². The van der Waals surface area contributed by atoms with Crippen molar-refractivity contribution in [2.45, 2.75) is 19.9 Å². The molecular formula is C16H20BrN3O. The van der Waals surface area contributed by atoms with E-state index in [1.54, 1.807) is 7.11 Å². The van der Waals surface area contributed by atoms with Crippen molar-refractivity contribution in [2.75, 3.05) is 20.3 Å². The third-order valence-electron chi connectivity index (χ3n) is 3.05. The van der Waals surface area contributed by atoms with Gasteiger partial charge in [-0.1, -0.05) is 34.1 Å². The Bertz CT molecular complexity index is 589. The van der Waals surface area contributed by atoms with Gasteiger partial charge in [0.2, 0.25) is 0 Å². The standard InChI is InChI=1S/C16H20BrN3O/c1-12-9-14(11-18-7-8-21-2)20-16(19-12)10-13-5-3-4-6-15(13)17/h3-6,9,18H,7-8,10-11H2,1-2H3. The fraction of sp³-hybridized carbons (Fsp3) is 0.375. The minimum absolute atomic E-state index is 0.702. The van der Waals surface area contributed by atoms with Gasteiger partial charge in [-0.05, 0) is 24.6 Å². The maximum atomic E-state index is 5.02. The molecule has 1 heterocycles. The van der Waals surface area contributed by atoms with Crippen LogP contribution in [0.25, 0.3) is 0 Å². The molecule has 0 saturated heterocycles. The summed E-state index contributed by atoms with van der Waals surface area (Å²) in [5.74, 6) is 0.852. The van der Waals surface area contributed by atoms with Gasteiger partial charge in [-0.2, -0.15) is 0 Å². The lowest BCUT2D eigenvalue weighted by Gasteiger charge is -2.08. The number of hydrogen-bond donors (Lipinski definition) is 1. The molecule has 0 atom stereocenters. The number of aromatic nitrogens is 2. The molecule has 0 amide bonds. The van der Waals surface area contributed by atoms with Crippen molar-refractivity contribution in [2.24, 2.45) is 0 Å². The summed E-state index contributed by atoms with van der Waals surface area (Å²) in [5, 5.41) is 3.31. The first-order chi connectivity index (χ1) is 10.2. The van der Waals surface area contributed by atoms with Crippen molar-refractivity contribution in [3.63, 3.8) is 0 Å². The predicted molar refractivity (Wildman–Crippen MR) is 87.3 cm³/mol. The Hall–Kier alpha value is -1.30. The van der Waals surface area contributed by atoms with E-state index in [2.05, 4.69) is 37.3 Å². The summed E-state index contributed by atoms with van der Waals surface area (Å²) < 4.78 is 6.11. The molecule has 0 aliphatic rings. The van der Waals surface area contributed by atoms with Crippen LogP contribution in [0.2, 0.25) is 0 Å². The summed E-state index contributed by atoms with van der Waals surface area (Å²) >= 11 is 3.57. The average Bonchev–Trinajstić information content (AvgIpc) is 2.46. The number of nitrogens with zero attached hydrogens (tertiary/aromatic N) is 2. The molecule has 1 N–H and O–H groups in total. The largest absolute Gasteiger partial charge is 0.383 e. The Morgan fingerprint density at radius 3 is 2.81 bits per heavy atom. The number of benzene rings is 1. The highest BCUT2D eigenvalue weighted by Gasteiger charge is 2.06. The molecule has 0 unspecified atom stereocenters. The van der Waals surface area contributed by atoms with E-state index in [0.717, 1.165) is 41.2 Å². The summed E-state index contributed by atoms with van der Waals surface area (Å²) in [7, 11) is 1.70. The van der Waals surface area contributed by atoms with Crippen LogP contribution >= 0.6 is 15.9 Å². The van der Waals surface area contributed by atoms with Crippen molar-refractivity contribution in [3.8, 4) is 0 Å². The summed E-state index contributed by atoms with van der Waals surface area (Å²) in [4.78, 5) is 9.16. The van der Waals surface area contributed by atoms with E-state index in [4.69, 9.17) is 4.74 Å². The van der Waals surface area contributed by atoms with Crippen LogP contribution in [-0.4, -0.2) is 30.2 Å². The van der Waals surface area contributed by atoms with Gasteiger partial charge in [0.05, 0.1) is 12.3 Å². The number of ether oxygens (including phenoxy) is 1. The molecule has 4 nitrogen and oxygen atoms in total. The highest BCUT2D eigenvalue weighted by molar-refractivity contribution is 9.10. The Morgan fingerprint density at radius 1 is 1.24 bits per heavy atom. The molecule has 112 valence electrons. The first kappa shape index (κ1) is 16.1. The van der Waals surface area contributed by atoms with Crippen LogP contribution in [0.4, 0.5) is 0 Å². The molecule has 2 aromatic rings. The zero-order valence-corrected chi connectivity index (χ0v) is 14.0. The SMILES string of the molecule is COCCNCc1cc(C)nc(Cc2ccccc2Br)n1. The fourth-order valence-electron chi connectivity index (χ4n) is 2.07. The maximum Gasteiger partial charge on any atom is 0.133 e. The third-order valence-corrected chi connectivity index (χ3v) is 3.82. The van der Waals surface area contributed by atoms with Gasteiger partial charge in [0.15, 0.2) is 0 Å². The molecule has 0 radical (unpaired) electrons. The quantitative estimate of drug-likeness (QED) is 0.780. The maximum absolute atomic E-state index is 5.02. The van der Waals surface area contributed by atoms with E-state index in [1.165, 1.54) is 5.56 Å². The van der Waals surface area contributed by atoms with E-state index in [9.17, 15) is 0 Å². The van der Waals surface area contributed by atoms with Crippen LogP contribution in [0.5, 0.6) is 0 Å². The van der Waals surface area contributed by atoms with Gasteiger partial charge in [0, 0.05) is 36.8 Å². The Morgan fingerprint density at radius 2 is 2.05 bits per heavy atom. The van der Waals surface area contributed by atoms with Crippen LogP contribution in [0, 0.1) is 6.92 Å². The molecule has 0 fully saturated rings. The molecule has 0 saturated carbocycles. The lowest BCUT2D eigenvalue weighted by atomic mass is 10.1. The number of rotatable bonds is 7. The van der Waals surface area contributed by atoms with Gasteiger partial charge >= 0.3 is 0 Å². The fourth-order valence-corrected chi connectivity index (χ4v) is 2.50. The molecule has 0 aliphatic carbocycles.